The van der Waals surface area contributed by atoms with Gasteiger partial charge in [-0.2, -0.15) is 0 Å². The molecule has 1 saturated carbocycles. The second-order valence-electron chi connectivity index (χ2n) is 8.55. The molecule has 1 saturated heterocycles. The first kappa shape index (κ1) is 19.3. The number of carbonyl (C=O) groups is 3. The third-order valence-corrected chi connectivity index (χ3v) is 5.20. The molecule has 0 radical (unpaired) electrons. The maximum absolute atomic E-state index is 13.2. The van der Waals surface area contributed by atoms with E-state index >= 15 is 0 Å². The molecule has 2 fully saturated rings. The zero-order valence-electron chi connectivity index (χ0n) is 15.9. The second-order valence-corrected chi connectivity index (χ2v) is 8.55. The van der Waals surface area contributed by atoms with E-state index in [1.807, 2.05) is 0 Å². The van der Waals surface area contributed by atoms with Gasteiger partial charge < -0.3 is 10.1 Å². The van der Waals surface area contributed by atoms with Crippen molar-refractivity contribution in [1.82, 2.24) is 10.2 Å². The van der Waals surface area contributed by atoms with Crippen LogP contribution in [0.3, 0.4) is 0 Å². The number of halogens is 1. The summed E-state index contributed by atoms with van der Waals surface area (Å²) in [6.07, 6.45) is 2.09. The third-order valence-electron chi connectivity index (χ3n) is 5.20. The summed E-state index contributed by atoms with van der Waals surface area (Å²) < 4.78 is 18.3. The smallest absolute Gasteiger partial charge is 0.326 e. The molecule has 1 aliphatic heterocycles. The normalized spacial score (nSPS) is 27.0. The van der Waals surface area contributed by atoms with Crippen LogP contribution in [0.25, 0.3) is 0 Å². The van der Waals surface area contributed by atoms with Crippen molar-refractivity contribution in [2.24, 2.45) is 11.3 Å². The van der Waals surface area contributed by atoms with Crippen LogP contribution < -0.4 is 5.32 Å². The molecule has 0 bridgehead atoms. The number of amides is 3. The van der Waals surface area contributed by atoms with Crippen LogP contribution >= 0.6 is 0 Å². The molecule has 6 nitrogen and oxygen atoms in total. The Labute approximate surface area is 158 Å². The van der Waals surface area contributed by atoms with E-state index in [2.05, 4.69) is 26.1 Å². The Kier molecular flexibility index (Phi) is 4.97. The summed E-state index contributed by atoms with van der Waals surface area (Å²) in [5.41, 5.74) is -0.518. The number of rotatable bonds is 4. The minimum Gasteiger partial charge on any atom is -0.459 e. The monoisotopic (exact) mass is 376 g/mol. The summed E-state index contributed by atoms with van der Waals surface area (Å²) in [7, 11) is 0. The number of hydrogen-bond donors (Lipinski definition) is 1. The summed E-state index contributed by atoms with van der Waals surface area (Å²) in [5.74, 6) is -1.20. The lowest BCUT2D eigenvalue weighted by molar-refractivity contribution is -0.149. The van der Waals surface area contributed by atoms with Crippen LogP contribution in [0.2, 0.25) is 0 Å². The minimum absolute atomic E-state index is 0.0749. The van der Waals surface area contributed by atoms with E-state index in [4.69, 9.17) is 4.74 Å². The molecular weight excluding hydrogens is 351 g/mol. The van der Waals surface area contributed by atoms with E-state index in [1.165, 1.54) is 18.2 Å². The van der Waals surface area contributed by atoms with Crippen molar-refractivity contribution >= 4 is 17.9 Å². The number of esters is 1. The summed E-state index contributed by atoms with van der Waals surface area (Å²) in [6, 6.07) is 5.15. The molecule has 1 spiro atoms. The van der Waals surface area contributed by atoms with Crippen molar-refractivity contribution in [2.75, 3.05) is 6.54 Å². The molecule has 3 rings (SSSR count). The number of benzene rings is 1. The summed E-state index contributed by atoms with van der Waals surface area (Å²) >= 11 is 0. The Morgan fingerprint density at radius 1 is 1.33 bits per heavy atom. The molecule has 7 heteroatoms. The van der Waals surface area contributed by atoms with Crippen LogP contribution in [0.1, 0.15) is 45.6 Å². The van der Waals surface area contributed by atoms with E-state index < -0.39 is 29.9 Å². The molecule has 146 valence electrons. The van der Waals surface area contributed by atoms with Gasteiger partial charge in [-0.1, -0.05) is 32.9 Å². The number of hydrogen-bond acceptors (Lipinski definition) is 4. The van der Waals surface area contributed by atoms with Gasteiger partial charge in [0.25, 0.3) is 5.91 Å². The quantitative estimate of drug-likeness (QED) is 0.647. The van der Waals surface area contributed by atoms with Crippen molar-refractivity contribution in [3.8, 4) is 0 Å². The molecular formula is C20H25FN2O4. The lowest BCUT2D eigenvalue weighted by Crippen LogP contribution is -2.54. The van der Waals surface area contributed by atoms with Crippen LogP contribution in [0.5, 0.6) is 0 Å². The maximum atomic E-state index is 13.2. The van der Waals surface area contributed by atoms with Gasteiger partial charge in [-0.15, -0.1) is 0 Å². The van der Waals surface area contributed by atoms with Gasteiger partial charge in [-0.25, -0.2) is 9.18 Å². The molecule has 1 N–H and O–H groups in total. The van der Waals surface area contributed by atoms with Gasteiger partial charge in [0.1, 0.15) is 24.5 Å². The fraction of sp³-hybridized carbons (Fsp3) is 0.550. The SMILES string of the molecule is CC1CC(C)(C)CC2(C1)NC(=O)N(CC(=O)OCc1cccc(F)c1)C2=O. The van der Waals surface area contributed by atoms with Crippen molar-refractivity contribution < 1.29 is 23.5 Å². The van der Waals surface area contributed by atoms with Crippen LogP contribution in [-0.2, 0) is 20.9 Å². The highest BCUT2D eigenvalue weighted by atomic mass is 19.1. The molecule has 1 aromatic rings. The lowest BCUT2D eigenvalue weighted by Gasteiger charge is -2.43. The van der Waals surface area contributed by atoms with Crippen molar-refractivity contribution in [2.45, 2.75) is 52.2 Å². The Morgan fingerprint density at radius 2 is 2.07 bits per heavy atom. The van der Waals surface area contributed by atoms with Gasteiger partial charge in [0.05, 0.1) is 0 Å². The highest BCUT2D eigenvalue weighted by Crippen LogP contribution is 2.46. The molecule has 3 amide bonds. The lowest BCUT2D eigenvalue weighted by atomic mass is 9.64. The highest BCUT2D eigenvalue weighted by molar-refractivity contribution is 6.08. The van der Waals surface area contributed by atoms with Crippen LogP contribution in [0, 0.1) is 17.2 Å². The minimum atomic E-state index is -0.943. The molecule has 1 aliphatic carbocycles. The van der Waals surface area contributed by atoms with Crippen LogP contribution in [0.4, 0.5) is 9.18 Å². The van der Waals surface area contributed by atoms with Crippen LogP contribution in [0.15, 0.2) is 24.3 Å². The first-order valence-electron chi connectivity index (χ1n) is 9.14. The Bertz CT molecular complexity index is 779. The molecule has 1 aromatic carbocycles. The first-order chi connectivity index (χ1) is 12.6. The number of nitrogens with zero attached hydrogens (tertiary/aromatic N) is 1. The maximum Gasteiger partial charge on any atom is 0.326 e. The van der Waals surface area contributed by atoms with Crippen molar-refractivity contribution in [1.29, 1.82) is 0 Å². The number of urea groups is 1. The third kappa shape index (κ3) is 4.12. The molecule has 2 atom stereocenters. The molecule has 0 aromatic heterocycles. The number of ether oxygens (including phenoxy) is 1. The fourth-order valence-corrected chi connectivity index (χ4v) is 4.61. The molecule has 2 unspecified atom stereocenters. The van der Waals surface area contributed by atoms with E-state index in [9.17, 15) is 18.8 Å². The Morgan fingerprint density at radius 3 is 2.74 bits per heavy atom. The summed E-state index contributed by atoms with van der Waals surface area (Å²) in [5, 5.41) is 2.82. The zero-order valence-corrected chi connectivity index (χ0v) is 15.9. The van der Waals surface area contributed by atoms with E-state index in [0.717, 1.165) is 11.3 Å². The molecule has 2 aliphatic rings. The van der Waals surface area contributed by atoms with E-state index in [1.54, 1.807) is 6.07 Å². The number of imide groups is 1. The van der Waals surface area contributed by atoms with Crippen molar-refractivity contribution in [3.05, 3.63) is 35.6 Å². The van der Waals surface area contributed by atoms with Gasteiger partial charge in [0.15, 0.2) is 0 Å². The van der Waals surface area contributed by atoms with Gasteiger partial charge in [0.2, 0.25) is 0 Å². The van der Waals surface area contributed by atoms with Gasteiger partial charge in [0, 0.05) is 0 Å². The first-order valence-corrected chi connectivity index (χ1v) is 9.14. The predicted octanol–water partition coefficient (Wildman–Crippen LogP) is 3.01. The average Bonchev–Trinajstić information content (AvgIpc) is 2.74. The number of carbonyl (C=O) groups excluding carboxylic acids is 3. The molecule has 1 heterocycles. The summed E-state index contributed by atoms with van der Waals surface area (Å²) in [6.45, 7) is 5.67. The van der Waals surface area contributed by atoms with Gasteiger partial charge in [-0.05, 0) is 48.3 Å². The van der Waals surface area contributed by atoms with E-state index in [0.29, 0.717) is 18.4 Å². The standard InChI is InChI=1S/C20H25FN2O4/c1-13-8-19(2,3)12-20(9-13)17(25)23(18(26)22-20)10-16(24)27-11-14-5-4-6-15(21)7-14/h4-7,13H,8-12H2,1-3H3,(H,22,26). The zero-order chi connectivity index (χ0) is 19.8. The average molecular weight is 376 g/mol. The summed E-state index contributed by atoms with van der Waals surface area (Å²) in [4.78, 5) is 38.4. The predicted molar refractivity (Wildman–Crippen MR) is 96.0 cm³/mol. The van der Waals surface area contributed by atoms with Crippen LogP contribution in [-0.4, -0.2) is 34.9 Å². The largest absolute Gasteiger partial charge is 0.459 e. The topological polar surface area (TPSA) is 75.7 Å². The fourth-order valence-electron chi connectivity index (χ4n) is 4.61. The second kappa shape index (κ2) is 6.94. The number of nitrogens with one attached hydrogen (secondary N) is 1. The van der Waals surface area contributed by atoms with Gasteiger partial charge in [-0.3, -0.25) is 14.5 Å². The van der Waals surface area contributed by atoms with E-state index in [-0.39, 0.29) is 23.8 Å². The highest BCUT2D eigenvalue weighted by Gasteiger charge is 2.56. The Balaban J connectivity index is 1.64. The Hall–Kier alpha value is -2.44. The van der Waals surface area contributed by atoms with Gasteiger partial charge >= 0.3 is 12.0 Å². The molecule has 27 heavy (non-hydrogen) atoms. The van der Waals surface area contributed by atoms with Crippen molar-refractivity contribution in [3.63, 3.8) is 0 Å².